The molecule has 0 aromatic carbocycles. The molecule has 0 aliphatic carbocycles. The largest absolute Gasteiger partial charge is 0.336 e. The van der Waals surface area contributed by atoms with Gasteiger partial charge >= 0.3 is 18.1 Å². The van der Waals surface area contributed by atoms with Crippen LogP contribution in [0.5, 0.6) is 0 Å². The Bertz CT molecular complexity index is 332. The second kappa shape index (κ2) is 8.18. The van der Waals surface area contributed by atoms with E-state index in [1.807, 2.05) is 0 Å². The number of rotatable bonds is 0. The lowest BCUT2D eigenvalue weighted by Gasteiger charge is -2.17. The summed E-state index contributed by atoms with van der Waals surface area (Å²) in [7, 11) is 0. The lowest BCUT2D eigenvalue weighted by atomic mass is 10.3. The minimum Gasteiger partial charge on any atom is -0.336 e. The standard InChI is InChI=1S/C12H24N6O3/c1-7-4-13-11(20)17-9(3)6-15-12(21)18-8(2)5-14-10(19)16-7/h7-9H,4-6H2,1-3H3,(H2,14,16,19)(H2,13,17,20)(H2,15,18,21)/t7-,8-,9+/m0/s1. The van der Waals surface area contributed by atoms with Crippen LogP contribution in [-0.4, -0.2) is 55.9 Å². The Morgan fingerprint density at radius 2 is 0.857 bits per heavy atom. The zero-order valence-corrected chi connectivity index (χ0v) is 12.6. The van der Waals surface area contributed by atoms with E-state index in [1.165, 1.54) is 0 Å². The molecule has 0 saturated carbocycles. The van der Waals surface area contributed by atoms with Gasteiger partial charge in [0.2, 0.25) is 0 Å². The molecule has 1 saturated heterocycles. The Kier molecular flexibility index (Phi) is 6.57. The fourth-order valence-corrected chi connectivity index (χ4v) is 1.71. The number of hydrogen-bond donors (Lipinski definition) is 6. The first-order chi connectivity index (χ1) is 9.86. The van der Waals surface area contributed by atoms with E-state index in [9.17, 15) is 14.4 Å². The first kappa shape index (κ1) is 16.9. The topological polar surface area (TPSA) is 123 Å². The van der Waals surface area contributed by atoms with Gasteiger partial charge in [-0.1, -0.05) is 0 Å². The van der Waals surface area contributed by atoms with Gasteiger partial charge in [-0.15, -0.1) is 0 Å². The zero-order valence-electron chi connectivity index (χ0n) is 12.6. The molecule has 0 unspecified atom stereocenters. The first-order valence-electron chi connectivity index (χ1n) is 7.00. The van der Waals surface area contributed by atoms with E-state index >= 15 is 0 Å². The van der Waals surface area contributed by atoms with Crippen LogP contribution in [0.1, 0.15) is 20.8 Å². The zero-order chi connectivity index (χ0) is 15.8. The predicted molar refractivity (Wildman–Crippen MR) is 78.0 cm³/mol. The first-order valence-corrected chi connectivity index (χ1v) is 7.00. The van der Waals surface area contributed by atoms with Crippen molar-refractivity contribution < 1.29 is 14.4 Å². The van der Waals surface area contributed by atoms with Crippen LogP contribution >= 0.6 is 0 Å². The highest BCUT2D eigenvalue weighted by molar-refractivity contribution is 5.77. The van der Waals surface area contributed by atoms with Crippen molar-refractivity contribution in [3.8, 4) is 0 Å². The molecular weight excluding hydrogens is 276 g/mol. The second-order valence-electron chi connectivity index (χ2n) is 5.27. The van der Waals surface area contributed by atoms with Gasteiger partial charge in [-0.3, -0.25) is 0 Å². The average Bonchev–Trinajstić information content (AvgIpc) is 2.40. The third-order valence-corrected chi connectivity index (χ3v) is 2.84. The summed E-state index contributed by atoms with van der Waals surface area (Å²) >= 11 is 0. The number of amides is 6. The minimum atomic E-state index is -0.345. The molecule has 120 valence electrons. The SMILES string of the molecule is C[C@@H]1CNC(=O)N[C@@H](C)CNC(=O)N[C@@H](C)CNC(=O)N1. The van der Waals surface area contributed by atoms with Crippen LogP contribution in [0, 0.1) is 0 Å². The van der Waals surface area contributed by atoms with Gasteiger partial charge in [0.05, 0.1) is 0 Å². The molecular formula is C12H24N6O3. The van der Waals surface area contributed by atoms with Crippen LogP contribution in [-0.2, 0) is 0 Å². The molecule has 1 rings (SSSR count). The van der Waals surface area contributed by atoms with Crippen LogP contribution < -0.4 is 31.9 Å². The van der Waals surface area contributed by atoms with Gasteiger partial charge in [0.1, 0.15) is 0 Å². The van der Waals surface area contributed by atoms with Gasteiger partial charge in [-0.25, -0.2) is 14.4 Å². The fraction of sp³-hybridized carbons (Fsp3) is 0.750. The van der Waals surface area contributed by atoms with Crippen LogP contribution in [0.25, 0.3) is 0 Å². The number of carbonyl (C=O) groups is 3. The lowest BCUT2D eigenvalue weighted by molar-refractivity contribution is 0.231. The average molecular weight is 300 g/mol. The quantitative estimate of drug-likeness (QED) is 0.346. The Balaban J connectivity index is 2.61. The molecule has 9 heteroatoms. The van der Waals surface area contributed by atoms with Crippen molar-refractivity contribution in [3.05, 3.63) is 0 Å². The van der Waals surface area contributed by atoms with E-state index in [-0.39, 0.29) is 36.2 Å². The highest BCUT2D eigenvalue weighted by Gasteiger charge is 2.14. The minimum absolute atomic E-state index is 0.209. The normalized spacial score (nSPS) is 29.3. The van der Waals surface area contributed by atoms with E-state index in [0.717, 1.165) is 0 Å². The van der Waals surface area contributed by atoms with Crippen molar-refractivity contribution in [3.63, 3.8) is 0 Å². The van der Waals surface area contributed by atoms with Crippen LogP contribution in [0.3, 0.4) is 0 Å². The van der Waals surface area contributed by atoms with E-state index in [2.05, 4.69) is 31.9 Å². The van der Waals surface area contributed by atoms with Gasteiger partial charge in [0.15, 0.2) is 0 Å². The van der Waals surface area contributed by atoms with E-state index < -0.39 is 0 Å². The molecule has 6 N–H and O–H groups in total. The summed E-state index contributed by atoms with van der Waals surface area (Å²) < 4.78 is 0. The molecule has 1 aliphatic heterocycles. The molecule has 1 heterocycles. The third-order valence-electron chi connectivity index (χ3n) is 2.84. The molecule has 6 amide bonds. The molecule has 1 aliphatic rings. The van der Waals surface area contributed by atoms with Crippen LogP contribution in [0.4, 0.5) is 14.4 Å². The molecule has 1 fully saturated rings. The highest BCUT2D eigenvalue weighted by atomic mass is 16.2. The molecule has 3 atom stereocenters. The smallest absolute Gasteiger partial charge is 0.315 e. The van der Waals surface area contributed by atoms with Crippen molar-refractivity contribution in [2.75, 3.05) is 19.6 Å². The summed E-state index contributed by atoms with van der Waals surface area (Å²) in [6.07, 6.45) is 0. The maximum atomic E-state index is 11.6. The van der Waals surface area contributed by atoms with Crippen LogP contribution in [0.2, 0.25) is 0 Å². The summed E-state index contributed by atoms with van der Waals surface area (Å²) in [5.41, 5.74) is 0. The van der Waals surface area contributed by atoms with Gasteiger partial charge in [-0.2, -0.15) is 0 Å². The van der Waals surface area contributed by atoms with Crippen molar-refractivity contribution in [2.45, 2.75) is 38.9 Å². The summed E-state index contributed by atoms with van der Waals surface area (Å²) in [5, 5.41) is 16.0. The molecule has 21 heavy (non-hydrogen) atoms. The van der Waals surface area contributed by atoms with Crippen LogP contribution in [0.15, 0.2) is 0 Å². The molecule has 9 nitrogen and oxygen atoms in total. The van der Waals surface area contributed by atoms with E-state index in [1.54, 1.807) is 20.8 Å². The van der Waals surface area contributed by atoms with Gasteiger partial charge in [0.25, 0.3) is 0 Å². The molecule has 0 radical (unpaired) electrons. The predicted octanol–water partition coefficient (Wildman–Crippen LogP) is -0.937. The fourth-order valence-electron chi connectivity index (χ4n) is 1.71. The van der Waals surface area contributed by atoms with Crippen molar-refractivity contribution in [2.24, 2.45) is 0 Å². The van der Waals surface area contributed by atoms with Gasteiger partial charge < -0.3 is 31.9 Å². The number of nitrogens with one attached hydrogen (secondary N) is 6. The summed E-state index contributed by atoms with van der Waals surface area (Å²) in [5.74, 6) is 0. The Morgan fingerprint density at radius 1 is 0.619 bits per heavy atom. The van der Waals surface area contributed by atoms with E-state index in [0.29, 0.717) is 19.6 Å². The number of hydrogen-bond acceptors (Lipinski definition) is 3. The van der Waals surface area contributed by atoms with Crippen molar-refractivity contribution in [1.82, 2.24) is 31.9 Å². The Morgan fingerprint density at radius 3 is 1.10 bits per heavy atom. The van der Waals surface area contributed by atoms with Crippen molar-refractivity contribution in [1.29, 1.82) is 0 Å². The molecule has 0 aromatic rings. The van der Waals surface area contributed by atoms with Crippen molar-refractivity contribution >= 4 is 18.1 Å². The molecule has 0 bridgehead atoms. The third kappa shape index (κ3) is 7.23. The van der Waals surface area contributed by atoms with Gasteiger partial charge in [-0.05, 0) is 20.8 Å². The number of carbonyl (C=O) groups excluding carboxylic acids is 3. The Hall–Kier alpha value is -2.19. The highest BCUT2D eigenvalue weighted by Crippen LogP contribution is 1.86. The summed E-state index contributed by atoms with van der Waals surface area (Å²) in [6, 6.07) is -1.66. The second-order valence-corrected chi connectivity index (χ2v) is 5.27. The van der Waals surface area contributed by atoms with E-state index in [4.69, 9.17) is 0 Å². The monoisotopic (exact) mass is 300 g/mol. The molecule has 0 spiro atoms. The Labute approximate surface area is 124 Å². The maximum absolute atomic E-state index is 11.6. The van der Waals surface area contributed by atoms with Gasteiger partial charge in [0, 0.05) is 37.8 Å². The molecule has 0 aromatic heterocycles. The maximum Gasteiger partial charge on any atom is 0.315 e. The number of urea groups is 3. The lowest BCUT2D eigenvalue weighted by Crippen LogP contribution is -2.50. The summed E-state index contributed by atoms with van der Waals surface area (Å²) in [4.78, 5) is 34.8. The summed E-state index contributed by atoms with van der Waals surface area (Å²) in [6.45, 7) is 6.29.